The summed E-state index contributed by atoms with van der Waals surface area (Å²) < 4.78 is 5.71. The molecular weight excluding hydrogens is 234 g/mol. The van der Waals surface area contributed by atoms with E-state index in [4.69, 9.17) is 4.74 Å². The number of ether oxygens (including phenoxy) is 1. The molecule has 1 N–H and O–H groups in total. The Labute approximate surface area is 118 Å². The van der Waals surface area contributed by atoms with Gasteiger partial charge in [0.1, 0.15) is 0 Å². The zero-order chi connectivity index (χ0) is 14.3. The normalized spacial score (nSPS) is 13.8. The summed E-state index contributed by atoms with van der Waals surface area (Å²) >= 11 is 0. The van der Waals surface area contributed by atoms with Gasteiger partial charge in [-0.1, -0.05) is 44.2 Å². The van der Waals surface area contributed by atoms with Crippen molar-refractivity contribution in [1.29, 1.82) is 0 Å². The molecule has 108 valence electrons. The van der Waals surface area contributed by atoms with Gasteiger partial charge in [-0.3, -0.25) is 0 Å². The summed E-state index contributed by atoms with van der Waals surface area (Å²) in [6, 6.07) is 10.8. The third kappa shape index (κ3) is 5.75. The largest absolute Gasteiger partial charge is 0.375 e. The van der Waals surface area contributed by atoms with Crippen molar-refractivity contribution in [3.63, 3.8) is 0 Å². The smallest absolute Gasteiger partial charge is 0.0750 e. The third-order valence-electron chi connectivity index (χ3n) is 3.48. The van der Waals surface area contributed by atoms with Gasteiger partial charge in [-0.15, -0.1) is 0 Å². The molecule has 19 heavy (non-hydrogen) atoms. The lowest BCUT2D eigenvalue weighted by molar-refractivity contribution is -0.00903. The van der Waals surface area contributed by atoms with Gasteiger partial charge in [0.25, 0.3) is 0 Å². The van der Waals surface area contributed by atoms with Gasteiger partial charge in [0, 0.05) is 19.7 Å². The molecule has 1 aromatic carbocycles. The topological polar surface area (TPSA) is 21.3 Å². The zero-order valence-electron chi connectivity index (χ0n) is 13.1. The molecule has 0 aliphatic rings. The van der Waals surface area contributed by atoms with E-state index in [9.17, 15) is 0 Å². The molecule has 0 radical (unpaired) electrons. The molecule has 0 amide bonds. The highest BCUT2D eigenvalue weighted by atomic mass is 16.5. The molecule has 0 aliphatic carbocycles. The maximum atomic E-state index is 5.71. The van der Waals surface area contributed by atoms with Crippen molar-refractivity contribution in [3.05, 3.63) is 35.9 Å². The lowest BCUT2D eigenvalue weighted by Gasteiger charge is -2.28. The van der Waals surface area contributed by atoms with Crippen LogP contribution < -0.4 is 5.32 Å². The predicted octanol–water partition coefficient (Wildman–Crippen LogP) is 3.83. The van der Waals surface area contributed by atoms with Crippen molar-refractivity contribution in [2.45, 2.75) is 46.1 Å². The fourth-order valence-electron chi connectivity index (χ4n) is 2.41. The van der Waals surface area contributed by atoms with Crippen molar-refractivity contribution in [2.24, 2.45) is 5.92 Å². The van der Waals surface area contributed by atoms with E-state index in [0.717, 1.165) is 19.7 Å². The first-order valence-corrected chi connectivity index (χ1v) is 7.36. The Morgan fingerprint density at radius 1 is 1.16 bits per heavy atom. The summed E-state index contributed by atoms with van der Waals surface area (Å²) in [5.41, 5.74) is 1.33. The molecule has 1 atom stereocenters. The predicted molar refractivity (Wildman–Crippen MR) is 82.6 cm³/mol. The van der Waals surface area contributed by atoms with Crippen molar-refractivity contribution >= 4 is 0 Å². The summed E-state index contributed by atoms with van der Waals surface area (Å²) in [5, 5.41) is 3.57. The van der Waals surface area contributed by atoms with Crippen LogP contribution in [0.3, 0.4) is 0 Å². The molecule has 0 aliphatic heterocycles. The Morgan fingerprint density at radius 2 is 1.79 bits per heavy atom. The van der Waals surface area contributed by atoms with Gasteiger partial charge >= 0.3 is 0 Å². The summed E-state index contributed by atoms with van der Waals surface area (Å²) in [4.78, 5) is 0. The van der Waals surface area contributed by atoms with Crippen LogP contribution in [0.5, 0.6) is 0 Å². The third-order valence-corrected chi connectivity index (χ3v) is 3.48. The Morgan fingerprint density at radius 3 is 2.32 bits per heavy atom. The second kappa shape index (κ2) is 7.66. The molecule has 2 nitrogen and oxygen atoms in total. The van der Waals surface area contributed by atoms with Crippen LogP contribution in [0.4, 0.5) is 0 Å². The second-order valence-electron chi connectivity index (χ2n) is 6.08. The van der Waals surface area contributed by atoms with Crippen LogP contribution in [0.1, 0.15) is 46.1 Å². The Bertz CT molecular complexity index is 346. The standard InChI is InChI=1S/C17H29NO/c1-6-19-17(4,5)13-18-12-16(14(2)3)15-10-8-7-9-11-15/h7-11,14,16,18H,6,12-13H2,1-5H3. The molecule has 1 rings (SSSR count). The van der Waals surface area contributed by atoms with Crippen LogP contribution in [0.25, 0.3) is 0 Å². The molecule has 1 aromatic rings. The molecule has 0 spiro atoms. The fourth-order valence-corrected chi connectivity index (χ4v) is 2.41. The molecule has 0 saturated carbocycles. The molecule has 0 fully saturated rings. The zero-order valence-corrected chi connectivity index (χ0v) is 13.1. The first-order chi connectivity index (χ1) is 8.96. The first-order valence-electron chi connectivity index (χ1n) is 7.36. The van der Waals surface area contributed by atoms with Gasteiger partial charge in [0.05, 0.1) is 5.60 Å². The van der Waals surface area contributed by atoms with Crippen molar-refractivity contribution in [1.82, 2.24) is 5.32 Å². The second-order valence-corrected chi connectivity index (χ2v) is 6.08. The van der Waals surface area contributed by atoms with Crippen LogP contribution >= 0.6 is 0 Å². The molecule has 0 aromatic heterocycles. The molecule has 2 heteroatoms. The quantitative estimate of drug-likeness (QED) is 0.769. The number of rotatable bonds is 8. The molecule has 0 bridgehead atoms. The van der Waals surface area contributed by atoms with Crippen LogP contribution in [-0.2, 0) is 4.74 Å². The summed E-state index contributed by atoms with van der Waals surface area (Å²) in [6.45, 7) is 13.5. The van der Waals surface area contributed by atoms with Gasteiger partial charge in [-0.25, -0.2) is 0 Å². The summed E-state index contributed by atoms with van der Waals surface area (Å²) in [5.74, 6) is 1.18. The van der Waals surface area contributed by atoms with Crippen molar-refractivity contribution < 1.29 is 4.74 Å². The van der Waals surface area contributed by atoms with E-state index in [0.29, 0.717) is 11.8 Å². The Kier molecular flexibility index (Phi) is 6.53. The number of nitrogens with one attached hydrogen (secondary N) is 1. The monoisotopic (exact) mass is 263 g/mol. The van der Waals surface area contributed by atoms with Crippen LogP contribution in [0.2, 0.25) is 0 Å². The highest BCUT2D eigenvalue weighted by molar-refractivity contribution is 5.20. The van der Waals surface area contributed by atoms with Gasteiger partial charge in [-0.2, -0.15) is 0 Å². The van der Waals surface area contributed by atoms with Crippen molar-refractivity contribution in [2.75, 3.05) is 19.7 Å². The average molecular weight is 263 g/mol. The Hall–Kier alpha value is -0.860. The number of hydrogen-bond acceptors (Lipinski definition) is 2. The lowest BCUT2D eigenvalue weighted by atomic mass is 9.88. The minimum absolute atomic E-state index is 0.0903. The molecule has 0 saturated heterocycles. The van der Waals surface area contributed by atoms with Gasteiger partial charge in [0.15, 0.2) is 0 Å². The highest BCUT2D eigenvalue weighted by Gasteiger charge is 2.20. The molecule has 1 unspecified atom stereocenters. The molecule has 0 heterocycles. The van der Waals surface area contributed by atoms with E-state index in [1.807, 2.05) is 6.92 Å². The first kappa shape index (κ1) is 16.2. The van der Waals surface area contributed by atoms with Crippen molar-refractivity contribution in [3.8, 4) is 0 Å². The number of hydrogen-bond donors (Lipinski definition) is 1. The molecular formula is C17H29NO. The lowest BCUT2D eigenvalue weighted by Crippen LogP contribution is -2.39. The van der Waals surface area contributed by atoms with Gasteiger partial charge in [0.2, 0.25) is 0 Å². The highest BCUT2D eigenvalue weighted by Crippen LogP contribution is 2.23. The SMILES string of the molecule is CCOC(C)(C)CNCC(c1ccccc1)C(C)C. The van der Waals surface area contributed by atoms with E-state index in [-0.39, 0.29) is 5.60 Å². The van der Waals surface area contributed by atoms with E-state index < -0.39 is 0 Å². The maximum Gasteiger partial charge on any atom is 0.0750 e. The minimum Gasteiger partial charge on any atom is -0.375 e. The van der Waals surface area contributed by atoms with E-state index in [1.54, 1.807) is 0 Å². The van der Waals surface area contributed by atoms with E-state index >= 15 is 0 Å². The van der Waals surface area contributed by atoms with E-state index in [1.165, 1.54) is 5.56 Å². The van der Waals surface area contributed by atoms with Crippen LogP contribution in [0.15, 0.2) is 30.3 Å². The van der Waals surface area contributed by atoms with Gasteiger partial charge in [-0.05, 0) is 38.2 Å². The van der Waals surface area contributed by atoms with Crippen LogP contribution in [0, 0.1) is 5.92 Å². The minimum atomic E-state index is -0.0903. The summed E-state index contributed by atoms with van der Waals surface area (Å²) in [7, 11) is 0. The summed E-state index contributed by atoms with van der Waals surface area (Å²) in [6.07, 6.45) is 0. The number of benzene rings is 1. The Balaban J connectivity index is 2.52. The average Bonchev–Trinajstić information content (AvgIpc) is 2.35. The van der Waals surface area contributed by atoms with Gasteiger partial charge < -0.3 is 10.1 Å². The fraction of sp³-hybridized carbons (Fsp3) is 0.647. The van der Waals surface area contributed by atoms with E-state index in [2.05, 4.69) is 63.3 Å². The van der Waals surface area contributed by atoms with Crippen LogP contribution in [-0.4, -0.2) is 25.3 Å². The maximum absolute atomic E-state index is 5.71.